The number of alkyl halides is 2. The van der Waals surface area contributed by atoms with E-state index in [0.717, 1.165) is 11.6 Å². The molecule has 2 heterocycles. The number of aryl methyl sites for hydroxylation is 1. The van der Waals surface area contributed by atoms with E-state index < -0.39 is 18.1 Å². The van der Waals surface area contributed by atoms with Crippen molar-refractivity contribution >= 4 is 34.3 Å². The third-order valence-corrected chi connectivity index (χ3v) is 6.33. The number of carbonyl (C=O) groups excluding carboxylic acids is 2. The molecule has 1 amide bonds. The van der Waals surface area contributed by atoms with Gasteiger partial charge in [-0.1, -0.05) is 48.5 Å². The first-order valence-electron chi connectivity index (χ1n) is 9.82. The number of hydrogen-bond acceptors (Lipinski definition) is 4. The van der Waals surface area contributed by atoms with E-state index in [4.69, 9.17) is 0 Å². The van der Waals surface area contributed by atoms with E-state index in [2.05, 4.69) is 4.98 Å². The highest BCUT2D eigenvalue weighted by atomic mass is 32.1. The third kappa shape index (κ3) is 4.05. The molecule has 3 aromatic rings. The molecule has 1 aliphatic heterocycles. The Morgan fingerprint density at radius 1 is 1.10 bits per heavy atom. The molecule has 0 radical (unpaired) electrons. The maximum Gasteiger partial charge on any atom is 0.275 e. The number of thiazole rings is 1. The standard InChI is InChI=1S/C24H20F2N2O2S/c1-15(29)14-19-18-10-6-7-11-20(18)28(13-12-24(19,25)26)23(30)21-16(2)27-22(31-21)17-8-4-3-5-9-17/h3-11,14H,12-13H2,1-2H3/b19-14+. The summed E-state index contributed by atoms with van der Waals surface area (Å²) in [4.78, 5) is 31.4. The molecule has 0 bridgehead atoms. The number of amides is 1. The smallest absolute Gasteiger partial charge is 0.275 e. The van der Waals surface area contributed by atoms with Crippen molar-refractivity contribution in [3.05, 3.63) is 76.8 Å². The maximum absolute atomic E-state index is 14.9. The first-order chi connectivity index (χ1) is 14.8. The quantitative estimate of drug-likeness (QED) is 0.487. The number of halogens is 2. The number of para-hydroxylation sites is 1. The van der Waals surface area contributed by atoms with Crippen LogP contribution >= 0.6 is 11.3 Å². The van der Waals surface area contributed by atoms with Gasteiger partial charge in [0.25, 0.3) is 11.8 Å². The number of hydrogen-bond donors (Lipinski definition) is 0. The molecule has 0 atom stereocenters. The fourth-order valence-corrected chi connectivity index (χ4v) is 4.68. The van der Waals surface area contributed by atoms with Crippen LogP contribution in [0.5, 0.6) is 0 Å². The molecule has 4 nitrogen and oxygen atoms in total. The molecule has 158 valence electrons. The van der Waals surface area contributed by atoms with Crippen molar-refractivity contribution in [3.8, 4) is 10.6 Å². The van der Waals surface area contributed by atoms with Crippen LogP contribution in [0.15, 0.2) is 60.7 Å². The van der Waals surface area contributed by atoms with E-state index in [-0.39, 0.29) is 23.6 Å². The zero-order chi connectivity index (χ0) is 22.2. The van der Waals surface area contributed by atoms with E-state index in [0.29, 0.717) is 21.3 Å². The summed E-state index contributed by atoms with van der Waals surface area (Å²) in [6.45, 7) is 2.82. The van der Waals surface area contributed by atoms with Gasteiger partial charge in [0.15, 0.2) is 5.78 Å². The summed E-state index contributed by atoms with van der Waals surface area (Å²) in [5.74, 6) is -4.06. The largest absolute Gasteiger partial charge is 0.307 e. The highest BCUT2D eigenvalue weighted by molar-refractivity contribution is 7.17. The lowest BCUT2D eigenvalue weighted by atomic mass is 9.96. The maximum atomic E-state index is 14.9. The van der Waals surface area contributed by atoms with Crippen molar-refractivity contribution in [2.75, 3.05) is 11.4 Å². The summed E-state index contributed by atoms with van der Waals surface area (Å²) in [6.07, 6.45) is 0.397. The number of anilines is 1. The first kappa shape index (κ1) is 21.1. The molecule has 0 fully saturated rings. The van der Waals surface area contributed by atoms with Crippen LogP contribution in [0.25, 0.3) is 16.1 Å². The lowest BCUT2D eigenvalue weighted by Gasteiger charge is -2.22. The highest BCUT2D eigenvalue weighted by Crippen LogP contribution is 2.43. The van der Waals surface area contributed by atoms with Crippen LogP contribution in [0, 0.1) is 6.92 Å². The molecule has 4 rings (SSSR count). The van der Waals surface area contributed by atoms with Gasteiger partial charge in [-0.2, -0.15) is 0 Å². The molecule has 0 spiro atoms. The van der Waals surface area contributed by atoms with Gasteiger partial charge in [0.05, 0.1) is 11.4 Å². The van der Waals surface area contributed by atoms with Crippen LogP contribution < -0.4 is 4.90 Å². The van der Waals surface area contributed by atoms with E-state index in [1.54, 1.807) is 25.1 Å². The lowest BCUT2D eigenvalue weighted by Crippen LogP contribution is -2.33. The molecule has 31 heavy (non-hydrogen) atoms. The second-order valence-corrected chi connectivity index (χ2v) is 8.40. The summed E-state index contributed by atoms with van der Waals surface area (Å²) >= 11 is 1.25. The first-order valence-corrected chi connectivity index (χ1v) is 10.6. The number of aromatic nitrogens is 1. The van der Waals surface area contributed by atoms with Crippen molar-refractivity contribution in [1.29, 1.82) is 0 Å². The van der Waals surface area contributed by atoms with Gasteiger partial charge in [0, 0.05) is 29.7 Å². The van der Waals surface area contributed by atoms with Crippen LogP contribution in [0.3, 0.4) is 0 Å². The Morgan fingerprint density at radius 3 is 2.48 bits per heavy atom. The molecule has 2 aromatic carbocycles. The Labute approximate surface area is 182 Å². The zero-order valence-electron chi connectivity index (χ0n) is 17.1. The van der Waals surface area contributed by atoms with E-state index in [9.17, 15) is 18.4 Å². The van der Waals surface area contributed by atoms with Gasteiger partial charge in [-0.3, -0.25) is 9.59 Å². The lowest BCUT2D eigenvalue weighted by molar-refractivity contribution is -0.112. The van der Waals surface area contributed by atoms with Crippen molar-refractivity contribution < 1.29 is 18.4 Å². The predicted octanol–water partition coefficient (Wildman–Crippen LogP) is 5.78. The number of rotatable bonds is 3. The molecular weight excluding hydrogens is 418 g/mol. The highest BCUT2D eigenvalue weighted by Gasteiger charge is 2.41. The minimum Gasteiger partial charge on any atom is -0.307 e. The number of ketones is 1. The Bertz CT molecular complexity index is 1190. The molecule has 0 saturated heterocycles. The van der Waals surface area contributed by atoms with Crippen molar-refractivity contribution in [3.63, 3.8) is 0 Å². The molecule has 0 aliphatic carbocycles. The van der Waals surface area contributed by atoms with E-state index in [1.807, 2.05) is 30.3 Å². The topological polar surface area (TPSA) is 50.3 Å². The number of carbonyl (C=O) groups is 2. The molecule has 1 aromatic heterocycles. The number of benzene rings is 2. The van der Waals surface area contributed by atoms with Gasteiger partial charge in [-0.05, 0) is 26.0 Å². The number of allylic oxidation sites excluding steroid dienone is 2. The molecule has 7 heteroatoms. The van der Waals surface area contributed by atoms with Crippen LogP contribution in [-0.2, 0) is 4.79 Å². The molecule has 1 aliphatic rings. The SMILES string of the molecule is CC(=O)/C=C1\c2ccccc2N(C(=O)c2sc(-c3ccccc3)nc2C)CCC1(F)F. The summed E-state index contributed by atoms with van der Waals surface area (Å²) < 4.78 is 29.9. The Hall–Kier alpha value is -3.19. The van der Waals surface area contributed by atoms with Gasteiger partial charge in [-0.25, -0.2) is 13.8 Å². The molecule has 0 N–H and O–H groups in total. The van der Waals surface area contributed by atoms with Crippen LogP contribution in [-0.4, -0.2) is 29.1 Å². The van der Waals surface area contributed by atoms with Crippen molar-refractivity contribution in [2.45, 2.75) is 26.2 Å². The number of fused-ring (bicyclic) bond motifs is 1. The van der Waals surface area contributed by atoms with Gasteiger partial charge in [0.2, 0.25) is 0 Å². The fourth-order valence-electron chi connectivity index (χ4n) is 3.66. The Kier molecular flexibility index (Phi) is 5.54. The summed E-state index contributed by atoms with van der Waals surface area (Å²) in [5, 5.41) is 0.701. The third-order valence-electron chi connectivity index (χ3n) is 5.13. The average Bonchev–Trinajstić information content (AvgIpc) is 3.10. The monoisotopic (exact) mass is 438 g/mol. The summed E-state index contributed by atoms with van der Waals surface area (Å²) in [6, 6.07) is 16.0. The second kappa shape index (κ2) is 8.15. The van der Waals surface area contributed by atoms with Crippen LogP contribution in [0.1, 0.15) is 34.3 Å². The van der Waals surface area contributed by atoms with Gasteiger partial charge >= 0.3 is 0 Å². The minimum absolute atomic E-state index is 0.171. The fraction of sp³-hybridized carbons (Fsp3) is 0.208. The van der Waals surface area contributed by atoms with Gasteiger partial charge in [-0.15, -0.1) is 11.3 Å². The minimum atomic E-state index is -3.23. The summed E-state index contributed by atoms with van der Waals surface area (Å²) in [5.41, 5.74) is 1.66. The summed E-state index contributed by atoms with van der Waals surface area (Å²) in [7, 11) is 0. The molecule has 0 unspecified atom stereocenters. The molecule has 0 saturated carbocycles. The van der Waals surface area contributed by atoms with Crippen molar-refractivity contribution in [1.82, 2.24) is 4.98 Å². The zero-order valence-corrected chi connectivity index (χ0v) is 17.9. The van der Waals surface area contributed by atoms with E-state index in [1.165, 1.54) is 29.2 Å². The Balaban J connectivity index is 1.79. The second-order valence-electron chi connectivity index (χ2n) is 7.40. The van der Waals surface area contributed by atoms with Crippen LogP contribution in [0.4, 0.5) is 14.5 Å². The molecular formula is C24H20F2N2O2S. The average molecular weight is 438 g/mol. The predicted molar refractivity (Wildman–Crippen MR) is 119 cm³/mol. The van der Waals surface area contributed by atoms with E-state index >= 15 is 0 Å². The normalized spacial score (nSPS) is 16.6. The Morgan fingerprint density at radius 2 is 1.77 bits per heavy atom. The van der Waals surface area contributed by atoms with Crippen molar-refractivity contribution in [2.24, 2.45) is 0 Å². The van der Waals surface area contributed by atoms with Crippen LogP contribution in [0.2, 0.25) is 0 Å². The van der Waals surface area contributed by atoms with Gasteiger partial charge < -0.3 is 4.90 Å². The number of nitrogens with zero attached hydrogens (tertiary/aromatic N) is 2. The van der Waals surface area contributed by atoms with Gasteiger partial charge in [0.1, 0.15) is 9.88 Å².